The lowest BCUT2D eigenvalue weighted by molar-refractivity contribution is -0.140. The van der Waals surface area contributed by atoms with Gasteiger partial charge in [-0.05, 0) is 53.4 Å². The normalized spacial score (nSPS) is 12.0. The number of benzene rings is 4. The Morgan fingerprint density at radius 1 is 0.818 bits per heavy atom. The van der Waals surface area contributed by atoms with Crippen molar-refractivity contribution >= 4 is 50.7 Å². The second-order valence-electron chi connectivity index (χ2n) is 10.8. The topological polar surface area (TPSA) is 86.8 Å². The Labute approximate surface area is 269 Å². The molecule has 1 atom stereocenters. The zero-order chi connectivity index (χ0) is 31.7. The number of hydrogen-bond donors (Lipinski definition) is 1. The number of nitrogens with zero attached hydrogens (tertiary/aromatic N) is 2. The van der Waals surface area contributed by atoms with E-state index in [9.17, 15) is 18.0 Å². The van der Waals surface area contributed by atoms with Crippen molar-refractivity contribution in [3.05, 3.63) is 130 Å². The molecule has 0 saturated heterocycles. The maximum atomic E-state index is 14.4. The van der Waals surface area contributed by atoms with Crippen molar-refractivity contribution in [3.63, 3.8) is 0 Å². The van der Waals surface area contributed by atoms with Gasteiger partial charge in [0.05, 0.1) is 10.6 Å². The van der Waals surface area contributed by atoms with Crippen LogP contribution in [-0.4, -0.2) is 44.3 Å². The van der Waals surface area contributed by atoms with E-state index in [1.54, 1.807) is 60.7 Å². The molecular weight excluding hydrogens is 617 g/mol. The summed E-state index contributed by atoms with van der Waals surface area (Å²) >= 11 is 12.8. The molecule has 4 rings (SSSR count). The van der Waals surface area contributed by atoms with Crippen LogP contribution in [0.2, 0.25) is 10.0 Å². The number of halogens is 2. The van der Waals surface area contributed by atoms with Crippen LogP contribution in [0.3, 0.4) is 0 Å². The van der Waals surface area contributed by atoms with Crippen LogP contribution in [0.15, 0.2) is 114 Å². The highest BCUT2D eigenvalue weighted by atomic mass is 35.5. The molecular formula is C34H35Cl2N3O4S. The third kappa shape index (κ3) is 8.62. The zero-order valence-electron chi connectivity index (χ0n) is 24.6. The number of carbonyl (C=O) groups is 2. The molecule has 0 saturated carbocycles. The summed E-state index contributed by atoms with van der Waals surface area (Å²) in [7, 11) is -4.21. The van der Waals surface area contributed by atoms with E-state index in [0.717, 1.165) is 9.87 Å². The first-order chi connectivity index (χ1) is 21.1. The summed E-state index contributed by atoms with van der Waals surface area (Å²) in [6.07, 6.45) is 0.212. The summed E-state index contributed by atoms with van der Waals surface area (Å²) in [5.74, 6) is -0.744. The van der Waals surface area contributed by atoms with Crippen LogP contribution in [0.25, 0.3) is 0 Å². The molecule has 0 radical (unpaired) electrons. The summed E-state index contributed by atoms with van der Waals surface area (Å²) in [6.45, 7) is 3.78. The van der Waals surface area contributed by atoms with Gasteiger partial charge in [0.2, 0.25) is 11.8 Å². The summed E-state index contributed by atoms with van der Waals surface area (Å²) < 4.78 is 29.0. The van der Waals surface area contributed by atoms with Gasteiger partial charge in [0.1, 0.15) is 12.6 Å². The number of hydrogen-bond acceptors (Lipinski definition) is 4. The lowest BCUT2D eigenvalue weighted by Gasteiger charge is -2.34. The van der Waals surface area contributed by atoms with Gasteiger partial charge in [0.15, 0.2) is 0 Å². The van der Waals surface area contributed by atoms with Crippen molar-refractivity contribution in [1.29, 1.82) is 0 Å². The van der Waals surface area contributed by atoms with Crippen LogP contribution in [0, 0.1) is 5.92 Å². The summed E-state index contributed by atoms with van der Waals surface area (Å²) in [5.41, 5.74) is 1.69. The van der Waals surface area contributed by atoms with Crippen molar-refractivity contribution in [2.75, 3.05) is 17.4 Å². The molecule has 0 aliphatic carbocycles. The third-order valence-corrected chi connectivity index (χ3v) is 9.35. The minimum absolute atomic E-state index is 0.0140. The van der Waals surface area contributed by atoms with Crippen LogP contribution in [0.5, 0.6) is 0 Å². The Hall–Kier alpha value is -3.85. The molecule has 230 valence electrons. The quantitative estimate of drug-likeness (QED) is 0.176. The highest BCUT2D eigenvalue weighted by molar-refractivity contribution is 7.92. The van der Waals surface area contributed by atoms with Crippen LogP contribution in [0.1, 0.15) is 25.0 Å². The molecule has 44 heavy (non-hydrogen) atoms. The van der Waals surface area contributed by atoms with E-state index in [0.29, 0.717) is 22.2 Å². The molecule has 0 aliphatic heterocycles. The molecule has 7 nitrogen and oxygen atoms in total. The summed E-state index contributed by atoms with van der Waals surface area (Å²) in [5, 5.41) is 3.71. The van der Waals surface area contributed by atoms with Gasteiger partial charge in [-0.3, -0.25) is 13.9 Å². The third-order valence-electron chi connectivity index (χ3n) is 6.96. The van der Waals surface area contributed by atoms with Gasteiger partial charge in [-0.2, -0.15) is 0 Å². The fourth-order valence-corrected chi connectivity index (χ4v) is 6.47. The van der Waals surface area contributed by atoms with Crippen LogP contribution >= 0.6 is 23.2 Å². The number of nitrogens with one attached hydrogen (secondary N) is 1. The number of sulfonamides is 1. The number of amides is 2. The van der Waals surface area contributed by atoms with Gasteiger partial charge in [-0.25, -0.2) is 8.42 Å². The number of anilines is 1. The molecule has 0 aliphatic rings. The summed E-state index contributed by atoms with van der Waals surface area (Å²) in [6, 6.07) is 29.7. The maximum Gasteiger partial charge on any atom is 0.264 e. The first-order valence-electron chi connectivity index (χ1n) is 14.2. The first-order valence-corrected chi connectivity index (χ1v) is 16.4. The van der Waals surface area contributed by atoms with Gasteiger partial charge in [0.25, 0.3) is 10.0 Å². The molecule has 10 heteroatoms. The Morgan fingerprint density at radius 2 is 1.45 bits per heavy atom. The van der Waals surface area contributed by atoms with Gasteiger partial charge < -0.3 is 10.2 Å². The smallest absolute Gasteiger partial charge is 0.264 e. The van der Waals surface area contributed by atoms with Crippen molar-refractivity contribution in [1.82, 2.24) is 10.2 Å². The van der Waals surface area contributed by atoms with Gasteiger partial charge >= 0.3 is 0 Å². The largest absolute Gasteiger partial charge is 0.354 e. The standard InChI is InChI=1S/C34H35Cl2N3O4S/c1-25(2)22-37-34(41)32(20-26-12-5-3-6-13-26)38(23-27-14-9-10-19-31(27)36)33(40)24-39(29-16-11-15-28(35)21-29)44(42,43)30-17-7-4-8-18-30/h3-19,21,25,32H,20,22-24H2,1-2H3,(H,37,41)/t32-/m0/s1. The molecule has 4 aromatic carbocycles. The molecule has 0 aromatic heterocycles. The second kappa shape index (κ2) is 15.2. The minimum Gasteiger partial charge on any atom is -0.354 e. The lowest BCUT2D eigenvalue weighted by atomic mass is 10.0. The van der Waals surface area contributed by atoms with E-state index in [4.69, 9.17) is 23.2 Å². The second-order valence-corrected chi connectivity index (χ2v) is 13.5. The van der Waals surface area contributed by atoms with Gasteiger partial charge in [0, 0.05) is 29.6 Å². The molecule has 0 spiro atoms. The Balaban J connectivity index is 1.80. The molecule has 2 amide bonds. The number of carbonyl (C=O) groups excluding carboxylic acids is 2. The summed E-state index contributed by atoms with van der Waals surface area (Å²) in [4.78, 5) is 29.7. The van der Waals surface area contributed by atoms with E-state index in [2.05, 4.69) is 5.32 Å². The van der Waals surface area contributed by atoms with Crippen LogP contribution in [-0.2, 0) is 32.6 Å². The van der Waals surface area contributed by atoms with Crippen molar-refractivity contribution < 1.29 is 18.0 Å². The highest BCUT2D eigenvalue weighted by Crippen LogP contribution is 2.27. The van der Waals surface area contributed by atoms with Crippen LogP contribution < -0.4 is 9.62 Å². The van der Waals surface area contributed by atoms with E-state index in [1.165, 1.54) is 23.1 Å². The Kier molecular flexibility index (Phi) is 11.4. The van der Waals surface area contributed by atoms with E-state index in [-0.39, 0.29) is 35.4 Å². The average Bonchev–Trinajstić information content (AvgIpc) is 3.02. The van der Waals surface area contributed by atoms with Crippen molar-refractivity contribution in [2.45, 2.75) is 37.8 Å². The average molecular weight is 653 g/mol. The van der Waals surface area contributed by atoms with E-state index < -0.39 is 28.5 Å². The predicted molar refractivity (Wildman–Crippen MR) is 176 cm³/mol. The van der Waals surface area contributed by atoms with Crippen LogP contribution in [0.4, 0.5) is 5.69 Å². The SMILES string of the molecule is CC(C)CNC(=O)[C@H](Cc1ccccc1)N(Cc1ccccc1Cl)C(=O)CN(c1cccc(Cl)c1)S(=O)(=O)c1ccccc1. The molecule has 1 N–H and O–H groups in total. The predicted octanol–water partition coefficient (Wildman–Crippen LogP) is 6.60. The number of rotatable bonds is 13. The Morgan fingerprint density at radius 3 is 2.09 bits per heavy atom. The fraction of sp³-hybridized carbons (Fsp3) is 0.235. The molecule has 0 heterocycles. The maximum absolute atomic E-state index is 14.4. The highest BCUT2D eigenvalue weighted by Gasteiger charge is 2.35. The van der Waals surface area contributed by atoms with Gasteiger partial charge in [-0.1, -0.05) is 110 Å². The van der Waals surface area contributed by atoms with E-state index >= 15 is 0 Å². The minimum atomic E-state index is -4.21. The molecule has 0 bridgehead atoms. The zero-order valence-corrected chi connectivity index (χ0v) is 26.9. The van der Waals surface area contributed by atoms with E-state index in [1.807, 2.05) is 44.2 Å². The molecule has 4 aromatic rings. The first kappa shape index (κ1) is 33.1. The molecule has 0 unspecified atom stereocenters. The van der Waals surface area contributed by atoms with Crippen molar-refractivity contribution in [3.8, 4) is 0 Å². The molecule has 0 fully saturated rings. The van der Waals surface area contributed by atoms with Crippen molar-refractivity contribution in [2.24, 2.45) is 5.92 Å². The monoisotopic (exact) mass is 651 g/mol. The lowest BCUT2D eigenvalue weighted by Crippen LogP contribution is -2.53. The fourth-order valence-electron chi connectivity index (χ4n) is 4.67. The Bertz CT molecular complexity index is 1670. The van der Waals surface area contributed by atoms with Gasteiger partial charge in [-0.15, -0.1) is 0 Å².